The Morgan fingerprint density at radius 3 is 2.78 bits per heavy atom. The van der Waals surface area contributed by atoms with Gasteiger partial charge in [-0.1, -0.05) is 12.8 Å². The van der Waals surface area contributed by atoms with Crippen LogP contribution in [0.5, 0.6) is 0 Å². The molecule has 2 N–H and O–H groups in total. The largest absolute Gasteiger partial charge is 0.437 e. The second-order valence-electron chi connectivity index (χ2n) is 5.58. The zero-order valence-corrected chi connectivity index (χ0v) is 10.7. The molecule has 1 aromatic heterocycles. The molecule has 0 aromatic carbocycles. The minimum absolute atomic E-state index is 0.117. The summed E-state index contributed by atoms with van der Waals surface area (Å²) in [6, 6.07) is 0. The number of nitrogens with two attached hydrogens (primary N) is 1. The van der Waals surface area contributed by atoms with Gasteiger partial charge in [-0.25, -0.2) is 4.98 Å². The van der Waals surface area contributed by atoms with Crippen LogP contribution in [0.1, 0.15) is 66.6 Å². The van der Waals surface area contributed by atoms with Crippen LogP contribution in [-0.2, 0) is 6.42 Å². The van der Waals surface area contributed by atoms with Crippen molar-refractivity contribution >= 4 is 5.78 Å². The molecule has 0 saturated heterocycles. The molecule has 1 saturated carbocycles. The summed E-state index contributed by atoms with van der Waals surface area (Å²) in [4.78, 5) is 16.6. The highest BCUT2D eigenvalue weighted by Crippen LogP contribution is 2.36. The fraction of sp³-hybridized carbons (Fsp3) is 0.714. The number of Topliss-reactive ketones (excluding diaryl/α,β-unsaturated/α-hetero) is 1. The molecule has 4 nitrogen and oxygen atoms in total. The molecule has 2 aliphatic carbocycles. The van der Waals surface area contributed by atoms with Gasteiger partial charge in [0.2, 0.25) is 0 Å². The summed E-state index contributed by atoms with van der Waals surface area (Å²) >= 11 is 0. The van der Waals surface area contributed by atoms with Gasteiger partial charge in [0.15, 0.2) is 17.4 Å². The maximum Gasteiger partial charge on any atom is 0.200 e. The summed E-state index contributed by atoms with van der Waals surface area (Å²) in [6.07, 6.45) is 7.14. The van der Waals surface area contributed by atoms with E-state index in [0.717, 1.165) is 37.3 Å². The van der Waals surface area contributed by atoms with E-state index in [2.05, 4.69) is 4.98 Å². The first-order valence-electron chi connectivity index (χ1n) is 7.00. The third-order valence-corrected chi connectivity index (χ3v) is 4.20. The van der Waals surface area contributed by atoms with Gasteiger partial charge in [0.05, 0.1) is 5.69 Å². The molecular weight excluding hydrogens is 228 g/mol. The van der Waals surface area contributed by atoms with Crippen LogP contribution in [0.2, 0.25) is 0 Å². The average molecular weight is 248 g/mol. The third kappa shape index (κ3) is 2.09. The Balaban J connectivity index is 1.83. The molecule has 1 fully saturated rings. The Kier molecular flexibility index (Phi) is 3.20. The molecule has 18 heavy (non-hydrogen) atoms. The average Bonchev–Trinajstić information content (AvgIpc) is 2.97. The molecule has 0 amide bonds. The van der Waals surface area contributed by atoms with Gasteiger partial charge in [-0.3, -0.25) is 4.79 Å². The number of carbonyl (C=O) groups is 1. The SMILES string of the molecule is NCCC1CC(=O)c2oc(C3CCCC3)nc2C1. The third-order valence-electron chi connectivity index (χ3n) is 4.20. The summed E-state index contributed by atoms with van der Waals surface area (Å²) < 4.78 is 5.74. The van der Waals surface area contributed by atoms with Crippen molar-refractivity contribution in [3.63, 3.8) is 0 Å². The van der Waals surface area contributed by atoms with Gasteiger partial charge in [-0.15, -0.1) is 0 Å². The van der Waals surface area contributed by atoms with Crippen LogP contribution in [0.15, 0.2) is 4.42 Å². The van der Waals surface area contributed by atoms with Crippen LogP contribution in [-0.4, -0.2) is 17.3 Å². The maximum absolute atomic E-state index is 12.0. The number of rotatable bonds is 3. The van der Waals surface area contributed by atoms with Gasteiger partial charge in [-0.2, -0.15) is 0 Å². The van der Waals surface area contributed by atoms with Crippen molar-refractivity contribution in [2.45, 2.75) is 50.9 Å². The van der Waals surface area contributed by atoms with E-state index in [1.807, 2.05) is 0 Å². The summed E-state index contributed by atoms with van der Waals surface area (Å²) in [7, 11) is 0. The summed E-state index contributed by atoms with van der Waals surface area (Å²) in [5.74, 6) is 2.25. The minimum Gasteiger partial charge on any atom is -0.437 e. The first-order valence-corrected chi connectivity index (χ1v) is 7.00. The maximum atomic E-state index is 12.0. The van der Waals surface area contributed by atoms with Crippen molar-refractivity contribution < 1.29 is 9.21 Å². The number of aromatic nitrogens is 1. The predicted octanol–water partition coefficient (Wildman–Crippen LogP) is 2.43. The summed E-state index contributed by atoms with van der Waals surface area (Å²) in [5.41, 5.74) is 6.46. The number of carbonyl (C=O) groups excluding carboxylic acids is 1. The number of fused-ring (bicyclic) bond motifs is 1. The van der Waals surface area contributed by atoms with Crippen LogP contribution in [0.4, 0.5) is 0 Å². The van der Waals surface area contributed by atoms with E-state index in [0.29, 0.717) is 30.6 Å². The zero-order valence-electron chi connectivity index (χ0n) is 10.7. The van der Waals surface area contributed by atoms with E-state index in [1.54, 1.807) is 0 Å². The van der Waals surface area contributed by atoms with Crippen LogP contribution in [0, 0.1) is 5.92 Å². The van der Waals surface area contributed by atoms with Crippen LogP contribution in [0.3, 0.4) is 0 Å². The van der Waals surface area contributed by atoms with E-state index in [-0.39, 0.29) is 5.78 Å². The molecule has 1 aromatic rings. The van der Waals surface area contributed by atoms with E-state index >= 15 is 0 Å². The van der Waals surface area contributed by atoms with E-state index in [1.165, 1.54) is 12.8 Å². The molecule has 0 radical (unpaired) electrons. The molecule has 1 atom stereocenters. The monoisotopic (exact) mass is 248 g/mol. The number of oxazole rings is 1. The van der Waals surface area contributed by atoms with Crippen LogP contribution >= 0.6 is 0 Å². The number of nitrogens with zero attached hydrogens (tertiary/aromatic N) is 1. The lowest BCUT2D eigenvalue weighted by atomic mass is 9.87. The quantitative estimate of drug-likeness (QED) is 0.892. The van der Waals surface area contributed by atoms with Crippen LogP contribution in [0.25, 0.3) is 0 Å². The second-order valence-corrected chi connectivity index (χ2v) is 5.58. The standard InChI is InChI=1S/C14H20N2O2/c15-6-5-9-7-11-13(12(17)8-9)18-14(16-11)10-3-1-2-4-10/h9-10H,1-8,15H2. The first kappa shape index (κ1) is 11.9. The van der Waals surface area contributed by atoms with E-state index in [9.17, 15) is 4.79 Å². The van der Waals surface area contributed by atoms with E-state index < -0.39 is 0 Å². The molecule has 2 aliphatic rings. The lowest BCUT2D eigenvalue weighted by molar-refractivity contribution is 0.0914. The Morgan fingerprint density at radius 2 is 2.06 bits per heavy atom. The highest BCUT2D eigenvalue weighted by molar-refractivity contribution is 5.95. The Labute approximate surface area is 107 Å². The number of hydrogen-bond acceptors (Lipinski definition) is 4. The minimum atomic E-state index is 0.117. The van der Waals surface area contributed by atoms with Crippen molar-refractivity contribution in [1.82, 2.24) is 4.98 Å². The van der Waals surface area contributed by atoms with Crippen molar-refractivity contribution in [3.05, 3.63) is 17.3 Å². The first-order chi connectivity index (χ1) is 8.78. The number of hydrogen-bond donors (Lipinski definition) is 1. The molecular formula is C14H20N2O2. The van der Waals surface area contributed by atoms with Crippen LogP contribution < -0.4 is 5.73 Å². The fourth-order valence-electron chi connectivity index (χ4n) is 3.21. The van der Waals surface area contributed by atoms with Gasteiger partial charge in [0.25, 0.3) is 0 Å². The van der Waals surface area contributed by atoms with Gasteiger partial charge in [0, 0.05) is 12.3 Å². The van der Waals surface area contributed by atoms with E-state index in [4.69, 9.17) is 10.2 Å². The van der Waals surface area contributed by atoms with Gasteiger partial charge in [0.1, 0.15) is 0 Å². The molecule has 1 unspecified atom stereocenters. The molecule has 3 rings (SSSR count). The van der Waals surface area contributed by atoms with Crippen molar-refractivity contribution in [2.24, 2.45) is 11.7 Å². The van der Waals surface area contributed by atoms with Crippen molar-refractivity contribution in [2.75, 3.05) is 6.54 Å². The van der Waals surface area contributed by atoms with Gasteiger partial charge in [-0.05, 0) is 38.1 Å². The molecule has 1 heterocycles. The number of ketones is 1. The lowest BCUT2D eigenvalue weighted by Crippen LogP contribution is -2.21. The predicted molar refractivity (Wildman–Crippen MR) is 67.5 cm³/mol. The fourth-order valence-corrected chi connectivity index (χ4v) is 3.21. The highest BCUT2D eigenvalue weighted by Gasteiger charge is 2.32. The summed E-state index contributed by atoms with van der Waals surface area (Å²) in [6.45, 7) is 0.639. The van der Waals surface area contributed by atoms with Crippen molar-refractivity contribution in [1.29, 1.82) is 0 Å². The second kappa shape index (κ2) is 4.84. The molecule has 4 heteroatoms. The van der Waals surface area contributed by atoms with Gasteiger partial charge < -0.3 is 10.2 Å². The Bertz CT molecular complexity index is 447. The Hall–Kier alpha value is -1.16. The molecule has 0 spiro atoms. The normalized spacial score (nSPS) is 24.5. The smallest absolute Gasteiger partial charge is 0.200 e. The molecule has 0 aliphatic heterocycles. The van der Waals surface area contributed by atoms with Crippen molar-refractivity contribution in [3.8, 4) is 0 Å². The molecule has 0 bridgehead atoms. The zero-order chi connectivity index (χ0) is 12.5. The highest BCUT2D eigenvalue weighted by atomic mass is 16.4. The topological polar surface area (TPSA) is 69.1 Å². The Morgan fingerprint density at radius 1 is 1.28 bits per heavy atom. The lowest BCUT2D eigenvalue weighted by Gasteiger charge is -2.17. The molecule has 98 valence electrons. The summed E-state index contributed by atoms with van der Waals surface area (Å²) in [5, 5.41) is 0. The van der Waals surface area contributed by atoms with Gasteiger partial charge >= 0.3 is 0 Å².